The molecule has 51 heavy (non-hydrogen) atoms. The molecule has 1 aromatic heterocycles. The Hall–Kier alpha value is -6.84. The van der Waals surface area contributed by atoms with Gasteiger partial charge in [0.15, 0.2) is 0 Å². The van der Waals surface area contributed by atoms with E-state index in [1.54, 1.807) is 12.1 Å². The molecular weight excluding hydrogens is 621 g/mol. The van der Waals surface area contributed by atoms with Gasteiger partial charge in [-0.15, -0.1) is 0 Å². The second kappa shape index (κ2) is 12.9. The predicted octanol–water partition coefficient (Wildman–Crippen LogP) is 13.2. The summed E-state index contributed by atoms with van der Waals surface area (Å²) in [6.45, 7) is 0. The number of H-pyrrole nitrogens is 1. The first-order valence-corrected chi connectivity index (χ1v) is 17.2. The van der Waals surface area contributed by atoms with E-state index in [1.807, 2.05) is 12.1 Å². The summed E-state index contributed by atoms with van der Waals surface area (Å²) in [6.07, 6.45) is 0. The van der Waals surface area contributed by atoms with Crippen molar-refractivity contribution in [2.24, 2.45) is 0 Å². The van der Waals surface area contributed by atoms with E-state index >= 15 is 0 Å². The molecule has 0 saturated carbocycles. The standard InChI is InChI=1S/C48H34N2O/c51-38-19-11-18-37(31-38)49-46-27-13-26-45-43-23-10-8-21-41(43)40-20-7-9-22-42(40)44-25-12-24-39(47(44)50-48(45)46)36-29-34(32-14-3-1-4-15-32)28-35(30-36)33-16-5-2-6-17-33/h1-31,49-51H. The van der Waals surface area contributed by atoms with Crippen molar-refractivity contribution in [1.29, 1.82) is 0 Å². The number of anilines is 2. The lowest BCUT2D eigenvalue weighted by Crippen LogP contribution is -1.93. The average Bonchev–Trinajstić information content (AvgIpc) is 3.24. The Morgan fingerprint density at radius 1 is 0.353 bits per heavy atom. The molecule has 0 aliphatic carbocycles. The van der Waals surface area contributed by atoms with Crippen molar-refractivity contribution in [2.45, 2.75) is 0 Å². The Bertz CT molecular complexity index is 2730. The van der Waals surface area contributed by atoms with Gasteiger partial charge in [-0.25, -0.2) is 0 Å². The minimum absolute atomic E-state index is 0.213. The number of aromatic nitrogens is 1. The molecule has 1 heterocycles. The predicted molar refractivity (Wildman–Crippen MR) is 216 cm³/mol. The molecule has 3 heteroatoms. The molecule has 242 valence electrons. The van der Waals surface area contributed by atoms with Crippen LogP contribution in [0.2, 0.25) is 0 Å². The maximum atomic E-state index is 10.3. The molecule has 0 spiro atoms. The summed E-state index contributed by atoms with van der Waals surface area (Å²) in [5, 5.41) is 20.8. The third-order valence-electron chi connectivity index (χ3n) is 9.69. The summed E-state index contributed by atoms with van der Waals surface area (Å²) < 4.78 is 0. The molecule has 0 saturated heterocycles. The van der Waals surface area contributed by atoms with E-state index < -0.39 is 0 Å². The zero-order valence-corrected chi connectivity index (χ0v) is 27.8. The molecule has 3 nitrogen and oxygen atoms in total. The van der Waals surface area contributed by atoms with Gasteiger partial charge in [0, 0.05) is 28.1 Å². The number of aromatic hydroxyl groups is 1. The molecule has 0 amide bonds. The first-order valence-electron chi connectivity index (χ1n) is 17.2. The Morgan fingerprint density at radius 2 is 0.824 bits per heavy atom. The topological polar surface area (TPSA) is 48.0 Å². The van der Waals surface area contributed by atoms with E-state index in [2.05, 4.69) is 174 Å². The van der Waals surface area contributed by atoms with E-state index in [-0.39, 0.29) is 5.75 Å². The summed E-state index contributed by atoms with van der Waals surface area (Å²) in [5.74, 6) is 0.213. The zero-order valence-electron chi connectivity index (χ0n) is 27.8. The highest BCUT2D eigenvalue weighted by Crippen LogP contribution is 2.39. The average molecular weight is 655 g/mol. The van der Waals surface area contributed by atoms with Crippen LogP contribution in [0, 0.1) is 0 Å². The van der Waals surface area contributed by atoms with Crippen LogP contribution in [-0.2, 0) is 0 Å². The van der Waals surface area contributed by atoms with Gasteiger partial charge in [-0.1, -0.05) is 146 Å². The number of hydrogen-bond donors (Lipinski definition) is 3. The Morgan fingerprint density at radius 3 is 1.41 bits per heavy atom. The van der Waals surface area contributed by atoms with Crippen molar-refractivity contribution >= 4 is 54.7 Å². The van der Waals surface area contributed by atoms with Crippen LogP contribution in [0.25, 0.3) is 76.7 Å². The number of nitrogens with one attached hydrogen (secondary N) is 2. The van der Waals surface area contributed by atoms with Crippen molar-refractivity contribution in [2.75, 3.05) is 5.32 Å². The Kier molecular flexibility index (Phi) is 7.64. The van der Waals surface area contributed by atoms with Gasteiger partial charge >= 0.3 is 0 Å². The third-order valence-corrected chi connectivity index (χ3v) is 9.69. The van der Waals surface area contributed by atoms with Gasteiger partial charge in [-0.2, -0.15) is 0 Å². The quantitative estimate of drug-likeness (QED) is 0.173. The van der Waals surface area contributed by atoms with Crippen LogP contribution in [-0.4, -0.2) is 10.1 Å². The van der Waals surface area contributed by atoms with Crippen LogP contribution in [0.4, 0.5) is 11.4 Å². The monoisotopic (exact) mass is 654 g/mol. The molecule has 0 bridgehead atoms. The molecule has 0 aliphatic heterocycles. The van der Waals surface area contributed by atoms with E-state index in [9.17, 15) is 5.11 Å². The molecule has 9 rings (SSSR count). The molecule has 0 fully saturated rings. The lowest BCUT2D eigenvalue weighted by molar-refractivity contribution is 0.475. The van der Waals surface area contributed by atoms with Gasteiger partial charge in [0.2, 0.25) is 0 Å². The Balaban J connectivity index is 1.45. The van der Waals surface area contributed by atoms with Crippen LogP contribution in [0.3, 0.4) is 0 Å². The summed E-state index contributed by atoms with van der Waals surface area (Å²) in [6, 6.07) is 65.7. The second-order valence-corrected chi connectivity index (χ2v) is 12.9. The number of aromatic amines is 1. The fourth-order valence-electron chi connectivity index (χ4n) is 7.32. The fourth-order valence-corrected chi connectivity index (χ4v) is 7.32. The van der Waals surface area contributed by atoms with Gasteiger partial charge in [0.1, 0.15) is 5.75 Å². The molecule has 0 aliphatic rings. The highest BCUT2D eigenvalue weighted by atomic mass is 16.3. The zero-order chi connectivity index (χ0) is 34.1. The normalized spacial score (nSPS) is 11.2. The SMILES string of the molecule is Oc1cccc(Nc2cccc3c2[nH]c2c(-c4cc(-c5ccccc5)cc(-c5ccccc5)c4)cccc2c2ccccc2c2ccccc32)c1. The summed E-state index contributed by atoms with van der Waals surface area (Å²) in [4.78, 5) is 4.03. The van der Waals surface area contributed by atoms with Crippen LogP contribution in [0.1, 0.15) is 0 Å². The molecule has 0 atom stereocenters. The van der Waals surface area contributed by atoms with Gasteiger partial charge in [0.25, 0.3) is 0 Å². The number of benzene rings is 8. The highest BCUT2D eigenvalue weighted by Gasteiger charge is 2.14. The number of fused-ring (bicyclic) bond motifs is 7. The maximum Gasteiger partial charge on any atom is 0.117 e. The second-order valence-electron chi connectivity index (χ2n) is 12.9. The van der Waals surface area contributed by atoms with Crippen molar-refractivity contribution in [3.05, 3.63) is 188 Å². The molecule has 9 aromatic rings. The number of phenols is 1. The van der Waals surface area contributed by atoms with Gasteiger partial charge in [-0.05, 0) is 85.8 Å². The number of para-hydroxylation sites is 2. The van der Waals surface area contributed by atoms with Gasteiger partial charge < -0.3 is 15.4 Å². The van der Waals surface area contributed by atoms with Crippen molar-refractivity contribution < 1.29 is 5.11 Å². The van der Waals surface area contributed by atoms with E-state index in [0.29, 0.717) is 0 Å². The molecular formula is C48H34N2O. The van der Waals surface area contributed by atoms with Crippen molar-refractivity contribution in [3.63, 3.8) is 0 Å². The minimum Gasteiger partial charge on any atom is -0.508 e. The van der Waals surface area contributed by atoms with E-state index in [0.717, 1.165) is 66.2 Å². The number of phenolic OH excluding ortho intramolecular Hbond substituents is 1. The maximum absolute atomic E-state index is 10.3. The first-order chi connectivity index (χ1) is 25.2. The van der Waals surface area contributed by atoms with Crippen LogP contribution in [0.15, 0.2) is 188 Å². The molecule has 0 radical (unpaired) electrons. The van der Waals surface area contributed by atoms with Crippen molar-refractivity contribution in [3.8, 4) is 39.1 Å². The lowest BCUT2D eigenvalue weighted by Gasteiger charge is -2.14. The smallest absolute Gasteiger partial charge is 0.117 e. The van der Waals surface area contributed by atoms with Gasteiger partial charge in [0.05, 0.1) is 16.7 Å². The first kappa shape index (κ1) is 30.2. The fraction of sp³-hybridized carbons (Fsp3) is 0. The summed E-state index contributed by atoms with van der Waals surface area (Å²) in [7, 11) is 0. The minimum atomic E-state index is 0.213. The van der Waals surface area contributed by atoms with Crippen LogP contribution >= 0.6 is 0 Å². The van der Waals surface area contributed by atoms with E-state index in [4.69, 9.17) is 0 Å². The molecule has 8 aromatic carbocycles. The highest BCUT2D eigenvalue weighted by molar-refractivity contribution is 6.21. The van der Waals surface area contributed by atoms with Crippen LogP contribution < -0.4 is 5.32 Å². The number of hydrogen-bond acceptors (Lipinski definition) is 2. The van der Waals surface area contributed by atoms with Crippen molar-refractivity contribution in [1.82, 2.24) is 4.98 Å². The third kappa shape index (κ3) is 5.71. The van der Waals surface area contributed by atoms with E-state index in [1.165, 1.54) is 21.9 Å². The molecule has 0 unspecified atom stereocenters. The lowest BCUT2D eigenvalue weighted by atomic mass is 9.92. The van der Waals surface area contributed by atoms with Crippen LogP contribution in [0.5, 0.6) is 5.75 Å². The largest absolute Gasteiger partial charge is 0.508 e. The molecule has 3 N–H and O–H groups in total. The summed E-state index contributed by atoms with van der Waals surface area (Å²) in [5.41, 5.74) is 10.6. The Labute approximate surface area is 296 Å². The number of rotatable bonds is 5. The van der Waals surface area contributed by atoms with Gasteiger partial charge in [-0.3, -0.25) is 0 Å². The summed E-state index contributed by atoms with van der Waals surface area (Å²) >= 11 is 0.